The molecular formula is C17H12FNO3. The van der Waals surface area contributed by atoms with Crippen molar-refractivity contribution in [2.75, 3.05) is 6.61 Å². The lowest BCUT2D eigenvalue weighted by Gasteiger charge is -2.04. The van der Waals surface area contributed by atoms with Crippen molar-refractivity contribution >= 4 is 22.7 Å². The van der Waals surface area contributed by atoms with Gasteiger partial charge in [0.2, 0.25) is 5.78 Å². The molecule has 1 aromatic heterocycles. The Balaban J connectivity index is 1.73. The Hall–Kier alpha value is -2.95. The van der Waals surface area contributed by atoms with E-state index in [2.05, 4.69) is 4.98 Å². The predicted molar refractivity (Wildman–Crippen MR) is 79.3 cm³/mol. The Kier molecular flexibility index (Phi) is 3.70. The summed E-state index contributed by atoms with van der Waals surface area (Å²) in [6.07, 6.45) is 1.57. The number of carbonyl (C=O) groups is 2. The highest BCUT2D eigenvalue weighted by molar-refractivity contribution is 6.09. The third kappa shape index (κ3) is 2.61. The fourth-order valence-corrected chi connectivity index (χ4v) is 2.22. The van der Waals surface area contributed by atoms with Gasteiger partial charge in [-0.05, 0) is 18.2 Å². The molecule has 5 heteroatoms. The van der Waals surface area contributed by atoms with Crippen molar-refractivity contribution in [1.82, 2.24) is 4.98 Å². The first-order valence-corrected chi connectivity index (χ1v) is 6.68. The molecule has 0 amide bonds. The molecule has 0 aliphatic carbocycles. The predicted octanol–water partition coefficient (Wildman–Crippen LogP) is 3.35. The molecule has 0 radical (unpaired) electrons. The molecule has 0 fully saturated rings. The molecule has 1 heterocycles. The Bertz CT molecular complexity index is 854. The fourth-order valence-electron chi connectivity index (χ4n) is 2.22. The van der Waals surface area contributed by atoms with Crippen molar-refractivity contribution < 1.29 is 18.7 Å². The summed E-state index contributed by atoms with van der Waals surface area (Å²) in [4.78, 5) is 26.9. The lowest BCUT2D eigenvalue weighted by molar-refractivity contribution is 0.0470. The summed E-state index contributed by atoms with van der Waals surface area (Å²) < 4.78 is 18.4. The zero-order valence-corrected chi connectivity index (χ0v) is 11.5. The average Bonchev–Trinajstić information content (AvgIpc) is 2.97. The highest BCUT2D eigenvalue weighted by atomic mass is 19.1. The maximum Gasteiger partial charge on any atom is 0.341 e. The molecule has 0 spiro atoms. The van der Waals surface area contributed by atoms with Gasteiger partial charge in [-0.1, -0.05) is 30.3 Å². The fraction of sp³-hybridized carbons (Fsp3) is 0.0588. The van der Waals surface area contributed by atoms with Crippen LogP contribution >= 0.6 is 0 Å². The summed E-state index contributed by atoms with van der Waals surface area (Å²) in [5, 5.41) is 0.759. The second-order valence-corrected chi connectivity index (χ2v) is 4.73. The van der Waals surface area contributed by atoms with Crippen LogP contribution in [0.5, 0.6) is 0 Å². The van der Waals surface area contributed by atoms with Crippen LogP contribution in [0.15, 0.2) is 54.7 Å². The van der Waals surface area contributed by atoms with Gasteiger partial charge in [-0.15, -0.1) is 0 Å². The summed E-state index contributed by atoms with van der Waals surface area (Å²) in [6.45, 7) is -0.436. The molecule has 0 aliphatic rings. The number of carbonyl (C=O) groups excluding carboxylic acids is 2. The molecular weight excluding hydrogens is 285 g/mol. The minimum atomic E-state index is -0.855. The molecule has 0 saturated heterocycles. The van der Waals surface area contributed by atoms with Crippen LogP contribution in [-0.2, 0) is 4.74 Å². The van der Waals surface area contributed by atoms with Gasteiger partial charge in [0.05, 0.1) is 5.56 Å². The Labute approximate surface area is 125 Å². The van der Waals surface area contributed by atoms with Gasteiger partial charge in [-0.3, -0.25) is 4.79 Å². The number of para-hydroxylation sites is 1. The van der Waals surface area contributed by atoms with E-state index in [1.54, 1.807) is 12.3 Å². The number of aromatic amines is 1. The van der Waals surface area contributed by atoms with E-state index in [9.17, 15) is 14.0 Å². The van der Waals surface area contributed by atoms with Crippen LogP contribution in [0.25, 0.3) is 10.9 Å². The number of halogens is 1. The standard InChI is InChI=1S/C17H12FNO3/c18-14-7-3-1-6-12(14)17(21)22-10-16(20)13-9-19-15-8-4-2-5-11(13)15/h1-9,19H,10H2. The number of hydrogen-bond donors (Lipinski definition) is 1. The number of Topliss-reactive ketones (excluding diaryl/α,β-unsaturated/α-hetero) is 1. The number of H-pyrrole nitrogens is 1. The van der Waals surface area contributed by atoms with Crippen molar-refractivity contribution in [3.05, 3.63) is 71.7 Å². The average molecular weight is 297 g/mol. The number of rotatable bonds is 4. The molecule has 1 N–H and O–H groups in total. The van der Waals surface area contributed by atoms with Crippen molar-refractivity contribution in [2.45, 2.75) is 0 Å². The Morgan fingerprint density at radius 1 is 1.00 bits per heavy atom. The van der Waals surface area contributed by atoms with Crippen LogP contribution < -0.4 is 0 Å². The number of hydrogen-bond acceptors (Lipinski definition) is 3. The van der Waals surface area contributed by atoms with Crippen molar-refractivity contribution in [3.63, 3.8) is 0 Å². The van der Waals surface area contributed by atoms with E-state index in [1.165, 1.54) is 18.2 Å². The number of nitrogens with one attached hydrogen (secondary N) is 1. The van der Waals surface area contributed by atoms with Crippen molar-refractivity contribution in [2.24, 2.45) is 0 Å². The summed E-state index contributed by atoms with van der Waals surface area (Å²) in [7, 11) is 0. The van der Waals surface area contributed by atoms with Gasteiger partial charge in [0.25, 0.3) is 0 Å². The lowest BCUT2D eigenvalue weighted by Crippen LogP contribution is -2.15. The van der Waals surface area contributed by atoms with Gasteiger partial charge in [-0.25, -0.2) is 9.18 Å². The Morgan fingerprint density at radius 2 is 1.73 bits per heavy atom. The first-order chi connectivity index (χ1) is 10.7. The summed E-state index contributed by atoms with van der Waals surface area (Å²) >= 11 is 0. The monoisotopic (exact) mass is 297 g/mol. The van der Waals surface area contributed by atoms with E-state index >= 15 is 0 Å². The van der Waals surface area contributed by atoms with E-state index in [1.807, 2.05) is 18.2 Å². The highest BCUT2D eigenvalue weighted by Crippen LogP contribution is 2.18. The van der Waals surface area contributed by atoms with Crippen molar-refractivity contribution in [3.8, 4) is 0 Å². The number of benzene rings is 2. The first kappa shape index (κ1) is 14.0. The topological polar surface area (TPSA) is 59.2 Å². The molecule has 3 rings (SSSR count). The van der Waals surface area contributed by atoms with Crippen molar-refractivity contribution in [1.29, 1.82) is 0 Å². The zero-order valence-electron chi connectivity index (χ0n) is 11.5. The van der Waals surface area contributed by atoms with E-state index in [0.717, 1.165) is 17.0 Å². The molecule has 0 atom stereocenters. The van der Waals surface area contributed by atoms with Gasteiger partial charge in [-0.2, -0.15) is 0 Å². The molecule has 0 unspecified atom stereocenters. The normalized spacial score (nSPS) is 10.6. The molecule has 4 nitrogen and oxygen atoms in total. The van der Waals surface area contributed by atoms with Crippen LogP contribution in [-0.4, -0.2) is 23.3 Å². The minimum Gasteiger partial charge on any atom is -0.454 e. The van der Waals surface area contributed by atoms with Gasteiger partial charge >= 0.3 is 5.97 Å². The molecule has 0 saturated carbocycles. The number of aromatic nitrogens is 1. The van der Waals surface area contributed by atoms with E-state index in [4.69, 9.17) is 4.74 Å². The zero-order chi connectivity index (χ0) is 15.5. The van der Waals surface area contributed by atoms with Gasteiger partial charge in [0, 0.05) is 22.7 Å². The number of fused-ring (bicyclic) bond motifs is 1. The largest absolute Gasteiger partial charge is 0.454 e. The third-order valence-electron chi connectivity index (χ3n) is 3.32. The van der Waals surface area contributed by atoms with Gasteiger partial charge < -0.3 is 9.72 Å². The van der Waals surface area contributed by atoms with E-state index in [0.29, 0.717) is 5.56 Å². The van der Waals surface area contributed by atoms with Crippen LogP contribution in [0.1, 0.15) is 20.7 Å². The molecule has 2 aromatic carbocycles. The van der Waals surface area contributed by atoms with Gasteiger partial charge in [0.1, 0.15) is 5.82 Å². The summed E-state index contributed by atoms with van der Waals surface area (Å²) in [5.74, 6) is -1.87. The van der Waals surface area contributed by atoms with Gasteiger partial charge in [0.15, 0.2) is 6.61 Å². The number of esters is 1. The SMILES string of the molecule is O=C(OCC(=O)c1c[nH]c2ccccc12)c1ccccc1F. The van der Waals surface area contributed by atoms with Crippen LogP contribution in [0.2, 0.25) is 0 Å². The molecule has 3 aromatic rings. The number of ketones is 1. The van der Waals surface area contributed by atoms with E-state index < -0.39 is 18.4 Å². The molecule has 110 valence electrons. The molecule has 0 bridgehead atoms. The van der Waals surface area contributed by atoms with E-state index in [-0.39, 0.29) is 11.3 Å². The Morgan fingerprint density at radius 3 is 2.55 bits per heavy atom. The molecule has 0 aliphatic heterocycles. The third-order valence-corrected chi connectivity index (χ3v) is 3.32. The quantitative estimate of drug-likeness (QED) is 0.593. The second kappa shape index (κ2) is 5.81. The highest BCUT2D eigenvalue weighted by Gasteiger charge is 2.17. The summed E-state index contributed by atoms with van der Waals surface area (Å²) in [6, 6.07) is 12.8. The van der Waals surface area contributed by atoms with Crippen LogP contribution in [0.3, 0.4) is 0 Å². The number of ether oxygens (including phenoxy) is 1. The smallest absolute Gasteiger partial charge is 0.341 e. The van der Waals surface area contributed by atoms with Crippen LogP contribution in [0.4, 0.5) is 4.39 Å². The summed E-state index contributed by atoms with van der Waals surface area (Å²) in [5.41, 5.74) is 1.08. The lowest BCUT2D eigenvalue weighted by atomic mass is 10.1. The minimum absolute atomic E-state index is 0.186. The maximum absolute atomic E-state index is 13.5. The van der Waals surface area contributed by atoms with Crippen LogP contribution in [0, 0.1) is 5.82 Å². The molecule has 22 heavy (non-hydrogen) atoms. The maximum atomic E-state index is 13.5. The first-order valence-electron chi connectivity index (χ1n) is 6.68. The second-order valence-electron chi connectivity index (χ2n) is 4.73.